The summed E-state index contributed by atoms with van der Waals surface area (Å²) in [5.74, 6) is -0.792. The Morgan fingerprint density at radius 3 is 2.80 bits per heavy atom. The van der Waals surface area contributed by atoms with E-state index in [1.54, 1.807) is 12.1 Å². The van der Waals surface area contributed by atoms with Crippen molar-refractivity contribution in [1.29, 1.82) is 0 Å². The number of carboxylic acids is 1. The molecule has 160 valence electrons. The monoisotopic (exact) mass is 452 g/mol. The minimum Gasteiger partial charge on any atom is -0.480 e. The molecule has 1 saturated heterocycles. The molecule has 2 aromatic rings. The summed E-state index contributed by atoms with van der Waals surface area (Å²) >= 11 is 6.31. The molecule has 0 amide bonds. The van der Waals surface area contributed by atoms with Gasteiger partial charge in [0.05, 0.1) is 21.8 Å². The summed E-state index contributed by atoms with van der Waals surface area (Å²) in [6, 6.07) is 3.92. The van der Waals surface area contributed by atoms with E-state index in [2.05, 4.69) is 15.3 Å². The van der Waals surface area contributed by atoms with Gasteiger partial charge in [0, 0.05) is 31.4 Å². The van der Waals surface area contributed by atoms with E-state index in [0.717, 1.165) is 17.1 Å². The number of hydrogen-bond acceptors (Lipinski definition) is 7. The molecule has 0 aliphatic carbocycles. The van der Waals surface area contributed by atoms with Crippen molar-refractivity contribution in [3.05, 3.63) is 35.0 Å². The number of nitrogens with zero attached hydrogens (tertiary/aromatic N) is 3. The zero-order valence-electron chi connectivity index (χ0n) is 16.2. The minimum absolute atomic E-state index is 0.0134. The number of hydrogen-bond donors (Lipinski definition) is 2. The molecule has 2 aliphatic rings. The van der Waals surface area contributed by atoms with Crippen LogP contribution in [0.15, 0.2) is 29.3 Å². The Labute approximate surface area is 179 Å². The van der Waals surface area contributed by atoms with Crippen molar-refractivity contribution in [1.82, 2.24) is 14.3 Å². The van der Waals surface area contributed by atoms with Crippen LogP contribution in [0.2, 0.25) is 5.02 Å². The zero-order valence-corrected chi connectivity index (χ0v) is 17.8. The van der Waals surface area contributed by atoms with Crippen molar-refractivity contribution in [2.75, 3.05) is 18.5 Å². The molecule has 2 N–H and O–H groups in total. The Hall–Kier alpha value is -2.27. The fourth-order valence-electron chi connectivity index (χ4n) is 3.58. The van der Waals surface area contributed by atoms with Crippen LogP contribution in [0.5, 0.6) is 0 Å². The van der Waals surface area contributed by atoms with Crippen LogP contribution in [0.3, 0.4) is 0 Å². The quantitative estimate of drug-likeness (QED) is 0.709. The Morgan fingerprint density at radius 1 is 1.37 bits per heavy atom. The third-order valence-corrected chi connectivity index (χ3v) is 7.62. The SMILES string of the molecule is C[C@H](C(=O)O)N1Cc2ccc(-c3nc(NC4CCOCC4)ncc3Cl)cc2S1(=O)=O. The maximum atomic E-state index is 12.9. The zero-order chi connectivity index (χ0) is 21.5. The topological polar surface area (TPSA) is 122 Å². The lowest BCUT2D eigenvalue weighted by Crippen LogP contribution is -2.38. The van der Waals surface area contributed by atoms with Gasteiger partial charge >= 0.3 is 5.97 Å². The van der Waals surface area contributed by atoms with Crippen molar-refractivity contribution in [3.8, 4) is 11.3 Å². The predicted octanol–water partition coefficient (Wildman–Crippen LogP) is 2.37. The molecule has 0 bridgehead atoms. The van der Waals surface area contributed by atoms with Crippen LogP contribution >= 0.6 is 11.6 Å². The molecule has 1 fully saturated rings. The average molecular weight is 453 g/mol. The maximum Gasteiger partial charge on any atom is 0.321 e. The van der Waals surface area contributed by atoms with Gasteiger partial charge in [0.2, 0.25) is 16.0 Å². The molecule has 0 radical (unpaired) electrons. The Balaban J connectivity index is 1.66. The van der Waals surface area contributed by atoms with E-state index in [-0.39, 0.29) is 17.5 Å². The number of nitrogens with one attached hydrogen (secondary N) is 1. The third-order valence-electron chi connectivity index (χ3n) is 5.34. The Kier molecular flexibility index (Phi) is 5.67. The van der Waals surface area contributed by atoms with Crippen LogP contribution in [0.4, 0.5) is 5.95 Å². The smallest absolute Gasteiger partial charge is 0.321 e. The van der Waals surface area contributed by atoms with Gasteiger partial charge in [-0.2, -0.15) is 4.31 Å². The highest BCUT2D eigenvalue weighted by Gasteiger charge is 2.40. The number of carboxylic acid groups (broad SMARTS) is 1. The molecule has 11 heteroatoms. The van der Waals surface area contributed by atoms with E-state index < -0.39 is 22.0 Å². The first-order valence-electron chi connectivity index (χ1n) is 9.52. The third kappa shape index (κ3) is 3.87. The maximum absolute atomic E-state index is 12.9. The fraction of sp³-hybridized carbons (Fsp3) is 0.421. The van der Waals surface area contributed by atoms with Gasteiger partial charge < -0.3 is 15.2 Å². The van der Waals surface area contributed by atoms with Gasteiger partial charge in [0.15, 0.2) is 0 Å². The second kappa shape index (κ2) is 8.10. The summed E-state index contributed by atoms with van der Waals surface area (Å²) in [5, 5.41) is 12.8. The summed E-state index contributed by atoms with van der Waals surface area (Å²) in [5.41, 5.74) is 1.46. The summed E-state index contributed by atoms with van der Waals surface area (Å²) in [6.45, 7) is 2.71. The predicted molar refractivity (Wildman–Crippen MR) is 110 cm³/mol. The lowest BCUT2D eigenvalue weighted by Gasteiger charge is -2.23. The standard InChI is InChI=1S/C19H21ClN4O5S/c1-11(18(25)26)24-10-13-3-2-12(8-16(13)30(24,27)28)17-15(20)9-21-19(23-17)22-14-4-6-29-7-5-14/h2-3,8-9,11,14H,4-7,10H2,1H3,(H,25,26)(H,21,22,23)/t11-/m1/s1. The molecule has 2 aliphatic heterocycles. The van der Waals surface area contributed by atoms with E-state index >= 15 is 0 Å². The van der Waals surface area contributed by atoms with Gasteiger partial charge in [-0.05, 0) is 31.4 Å². The van der Waals surface area contributed by atoms with E-state index in [4.69, 9.17) is 16.3 Å². The second-order valence-corrected chi connectivity index (χ2v) is 9.57. The number of sulfonamides is 1. The number of carbonyl (C=O) groups is 1. The Bertz CT molecular complexity index is 1090. The molecule has 30 heavy (non-hydrogen) atoms. The highest BCUT2D eigenvalue weighted by molar-refractivity contribution is 7.89. The second-order valence-electron chi connectivity index (χ2n) is 7.31. The van der Waals surface area contributed by atoms with Crippen molar-refractivity contribution in [2.24, 2.45) is 0 Å². The van der Waals surface area contributed by atoms with Crippen molar-refractivity contribution in [3.63, 3.8) is 0 Å². The van der Waals surface area contributed by atoms with E-state index in [9.17, 15) is 18.3 Å². The molecule has 1 aromatic carbocycles. The van der Waals surface area contributed by atoms with E-state index in [1.807, 2.05) is 0 Å². The molecule has 1 aromatic heterocycles. The number of halogens is 1. The lowest BCUT2D eigenvalue weighted by molar-refractivity contribution is -0.140. The number of rotatable bonds is 5. The molecule has 9 nitrogen and oxygen atoms in total. The Morgan fingerprint density at radius 2 is 2.10 bits per heavy atom. The highest BCUT2D eigenvalue weighted by atomic mass is 35.5. The number of aliphatic carboxylic acids is 1. The van der Waals surface area contributed by atoms with E-state index in [0.29, 0.717) is 41.0 Å². The fourth-order valence-corrected chi connectivity index (χ4v) is 5.59. The number of aromatic nitrogens is 2. The summed E-state index contributed by atoms with van der Waals surface area (Å²) in [4.78, 5) is 20.1. The first-order chi connectivity index (χ1) is 14.3. The van der Waals surface area contributed by atoms with Gasteiger partial charge in [-0.1, -0.05) is 23.7 Å². The van der Waals surface area contributed by atoms with Crippen LogP contribution in [-0.4, -0.2) is 59.1 Å². The van der Waals surface area contributed by atoms with Crippen LogP contribution in [0, 0.1) is 0 Å². The number of anilines is 1. The van der Waals surface area contributed by atoms with E-state index in [1.165, 1.54) is 19.2 Å². The van der Waals surface area contributed by atoms with Crippen LogP contribution < -0.4 is 5.32 Å². The molecule has 0 unspecified atom stereocenters. The molecule has 3 heterocycles. The van der Waals surface area contributed by atoms with Gasteiger partial charge in [0.25, 0.3) is 0 Å². The number of fused-ring (bicyclic) bond motifs is 1. The highest BCUT2D eigenvalue weighted by Crippen LogP contribution is 2.36. The molecule has 4 rings (SSSR count). The van der Waals surface area contributed by atoms with Gasteiger partial charge in [-0.25, -0.2) is 18.4 Å². The van der Waals surface area contributed by atoms with Crippen LogP contribution in [0.25, 0.3) is 11.3 Å². The largest absolute Gasteiger partial charge is 0.480 e. The van der Waals surface area contributed by atoms with Crippen molar-refractivity contribution in [2.45, 2.75) is 43.3 Å². The summed E-state index contributed by atoms with van der Waals surface area (Å²) < 4.78 is 32.1. The molecule has 0 spiro atoms. The first kappa shape index (κ1) is 21.0. The summed E-state index contributed by atoms with van der Waals surface area (Å²) in [7, 11) is -3.93. The average Bonchev–Trinajstić information content (AvgIpc) is 2.99. The number of ether oxygens (including phenoxy) is 1. The van der Waals surface area contributed by atoms with Crippen LogP contribution in [0.1, 0.15) is 25.3 Å². The molecular formula is C19H21ClN4O5S. The van der Waals surface area contributed by atoms with Gasteiger partial charge in [0.1, 0.15) is 6.04 Å². The summed E-state index contributed by atoms with van der Waals surface area (Å²) in [6.07, 6.45) is 3.16. The minimum atomic E-state index is -3.93. The van der Waals surface area contributed by atoms with Crippen LogP contribution in [-0.2, 0) is 26.1 Å². The molecular weight excluding hydrogens is 432 g/mol. The normalized spacial score (nSPS) is 19.9. The van der Waals surface area contributed by atoms with Crippen molar-refractivity contribution >= 4 is 33.5 Å². The van der Waals surface area contributed by atoms with Gasteiger partial charge in [-0.15, -0.1) is 0 Å². The first-order valence-corrected chi connectivity index (χ1v) is 11.3. The lowest BCUT2D eigenvalue weighted by atomic mass is 10.1. The molecule has 1 atom stereocenters. The molecule has 0 saturated carbocycles. The van der Waals surface area contributed by atoms with Gasteiger partial charge in [-0.3, -0.25) is 4.79 Å². The number of benzene rings is 1. The van der Waals surface area contributed by atoms with Crippen molar-refractivity contribution < 1.29 is 23.1 Å².